The molecular formula is C25H20FNO4S. The van der Waals surface area contributed by atoms with Crippen molar-refractivity contribution in [2.75, 3.05) is 13.2 Å². The lowest BCUT2D eigenvalue weighted by Gasteiger charge is -2.13. The van der Waals surface area contributed by atoms with Crippen LogP contribution in [0.15, 0.2) is 83.8 Å². The zero-order valence-electron chi connectivity index (χ0n) is 17.1. The molecule has 0 N–H and O–H groups in total. The van der Waals surface area contributed by atoms with Crippen LogP contribution in [-0.2, 0) is 11.4 Å². The van der Waals surface area contributed by atoms with E-state index in [4.69, 9.17) is 9.47 Å². The molecule has 7 heteroatoms. The lowest BCUT2D eigenvalue weighted by atomic mass is 10.1. The first-order valence-electron chi connectivity index (χ1n) is 9.99. The Labute approximate surface area is 189 Å². The van der Waals surface area contributed by atoms with Crippen molar-refractivity contribution in [1.82, 2.24) is 4.90 Å². The van der Waals surface area contributed by atoms with E-state index in [1.807, 2.05) is 42.5 Å². The van der Waals surface area contributed by atoms with Crippen molar-refractivity contribution in [3.63, 3.8) is 0 Å². The highest BCUT2D eigenvalue weighted by molar-refractivity contribution is 8.18. The van der Waals surface area contributed by atoms with Gasteiger partial charge in [-0.15, -0.1) is 0 Å². The molecule has 1 fully saturated rings. The molecule has 0 bridgehead atoms. The van der Waals surface area contributed by atoms with E-state index in [2.05, 4.69) is 0 Å². The quantitative estimate of drug-likeness (QED) is 0.424. The third-order valence-electron chi connectivity index (χ3n) is 4.69. The van der Waals surface area contributed by atoms with Crippen LogP contribution in [0, 0.1) is 5.82 Å². The molecule has 1 aliphatic heterocycles. The zero-order valence-corrected chi connectivity index (χ0v) is 17.9. The predicted molar refractivity (Wildman–Crippen MR) is 122 cm³/mol. The Morgan fingerprint density at radius 2 is 1.69 bits per heavy atom. The van der Waals surface area contributed by atoms with Crippen LogP contribution in [0.5, 0.6) is 11.5 Å². The van der Waals surface area contributed by atoms with Gasteiger partial charge in [-0.25, -0.2) is 4.39 Å². The number of hydrogen-bond donors (Lipinski definition) is 0. The average molecular weight is 450 g/mol. The van der Waals surface area contributed by atoms with Crippen LogP contribution >= 0.6 is 11.8 Å². The Balaban J connectivity index is 1.42. The number of carbonyl (C=O) groups excluding carboxylic acids is 2. The maximum Gasteiger partial charge on any atom is 0.293 e. The molecule has 0 saturated carbocycles. The zero-order chi connectivity index (χ0) is 22.3. The number of amides is 2. The Hall–Kier alpha value is -3.58. The van der Waals surface area contributed by atoms with Crippen molar-refractivity contribution >= 4 is 29.0 Å². The molecule has 1 saturated heterocycles. The van der Waals surface area contributed by atoms with Crippen molar-refractivity contribution in [2.45, 2.75) is 6.61 Å². The summed E-state index contributed by atoms with van der Waals surface area (Å²) < 4.78 is 24.8. The summed E-state index contributed by atoms with van der Waals surface area (Å²) in [7, 11) is 0. The number of hydrogen-bond acceptors (Lipinski definition) is 5. The van der Waals surface area contributed by atoms with E-state index in [-0.39, 0.29) is 36.7 Å². The van der Waals surface area contributed by atoms with Gasteiger partial charge in [-0.3, -0.25) is 14.5 Å². The van der Waals surface area contributed by atoms with E-state index in [0.29, 0.717) is 27.5 Å². The van der Waals surface area contributed by atoms with Gasteiger partial charge in [0.15, 0.2) is 0 Å². The maximum absolute atomic E-state index is 13.4. The molecule has 2 amide bonds. The number of rotatable bonds is 8. The maximum atomic E-state index is 13.4. The first-order valence-corrected chi connectivity index (χ1v) is 10.8. The topological polar surface area (TPSA) is 55.8 Å². The van der Waals surface area contributed by atoms with Gasteiger partial charge in [0.2, 0.25) is 0 Å². The van der Waals surface area contributed by atoms with Crippen LogP contribution in [0.2, 0.25) is 0 Å². The second kappa shape index (κ2) is 10.2. The van der Waals surface area contributed by atoms with Gasteiger partial charge in [0.1, 0.15) is 30.5 Å². The molecule has 162 valence electrons. The third-order valence-corrected chi connectivity index (χ3v) is 5.60. The summed E-state index contributed by atoms with van der Waals surface area (Å²) in [6.45, 7) is 0.554. The van der Waals surface area contributed by atoms with Gasteiger partial charge in [-0.2, -0.15) is 0 Å². The van der Waals surface area contributed by atoms with Gasteiger partial charge in [0.05, 0.1) is 11.4 Å². The van der Waals surface area contributed by atoms with E-state index in [9.17, 15) is 14.0 Å². The monoisotopic (exact) mass is 449 g/mol. The standard InChI is InChI=1S/C25H20FNO4S/c26-20-9-6-7-18(15-20)17-31-22-12-5-4-8-19(22)16-23-24(28)27(25(29)32-23)13-14-30-21-10-2-1-3-11-21/h1-12,15-16H,13-14,17H2/b23-16-. The highest BCUT2D eigenvalue weighted by Gasteiger charge is 2.35. The predicted octanol–water partition coefficient (Wildman–Crippen LogP) is 5.52. The second-order valence-electron chi connectivity index (χ2n) is 6.95. The fourth-order valence-corrected chi connectivity index (χ4v) is 3.98. The molecule has 3 aromatic carbocycles. The normalized spacial score (nSPS) is 14.8. The molecule has 3 aromatic rings. The summed E-state index contributed by atoms with van der Waals surface area (Å²) in [6.07, 6.45) is 1.64. The largest absolute Gasteiger partial charge is 0.492 e. The number of imide groups is 1. The van der Waals surface area contributed by atoms with Gasteiger partial charge in [-0.05, 0) is 53.7 Å². The third kappa shape index (κ3) is 5.36. The van der Waals surface area contributed by atoms with Gasteiger partial charge in [-0.1, -0.05) is 48.5 Å². The minimum absolute atomic E-state index is 0.161. The summed E-state index contributed by atoms with van der Waals surface area (Å²) in [5.41, 5.74) is 1.36. The summed E-state index contributed by atoms with van der Waals surface area (Å²) in [5, 5.41) is -0.337. The van der Waals surface area contributed by atoms with Crippen molar-refractivity contribution in [3.05, 3.63) is 101 Å². The van der Waals surface area contributed by atoms with Crippen LogP contribution in [0.25, 0.3) is 6.08 Å². The lowest BCUT2D eigenvalue weighted by molar-refractivity contribution is -0.123. The minimum Gasteiger partial charge on any atom is -0.492 e. The van der Waals surface area contributed by atoms with E-state index in [0.717, 1.165) is 11.8 Å². The number of para-hydroxylation sites is 2. The Bertz CT molecular complexity index is 1150. The van der Waals surface area contributed by atoms with Crippen LogP contribution < -0.4 is 9.47 Å². The van der Waals surface area contributed by atoms with E-state index < -0.39 is 0 Å². The van der Waals surface area contributed by atoms with Crippen LogP contribution in [0.4, 0.5) is 9.18 Å². The molecule has 0 aromatic heterocycles. The fourth-order valence-electron chi connectivity index (χ4n) is 3.12. The van der Waals surface area contributed by atoms with Gasteiger partial charge >= 0.3 is 0 Å². The van der Waals surface area contributed by atoms with Crippen molar-refractivity contribution in [2.24, 2.45) is 0 Å². The minimum atomic E-state index is -0.364. The first-order chi connectivity index (χ1) is 15.6. The molecule has 0 unspecified atom stereocenters. The summed E-state index contributed by atoms with van der Waals surface area (Å²) in [6, 6.07) is 22.6. The van der Waals surface area contributed by atoms with Crippen LogP contribution in [0.3, 0.4) is 0 Å². The van der Waals surface area contributed by atoms with E-state index in [1.165, 1.54) is 17.0 Å². The molecule has 1 aliphatic rings. The highest BCUT2D eigenvalue weighted by Crippen LogP contribution is 2.34. The van der Waals surface area contributed by atoms with E-state index in [1.54, 1.807) is 30.3 Å². The van der Waals surface area contributed by atoms with Crippen LogP contribution in [-0.4, -0.2) is 29.2 Å². The summed E-state index contributed by atoms with van der Waals surface area (Å²) in [4.78, 5) is 26.6. The van der Waals surface area contributed by atoms with Crippen molar-refractivity contribution in [1.29, 1.82) is 0 Å². The van der Waals surface area contributed by atoms with E-state index >= 15 is 0 Å². The Morgan fingerprint density at radius 3 is 2.50 bits per heavy atom. The number of ether oxygens (including phenoxy) is 2. The molecule has 0 radical (unpaired) electrons. The average Bonchev–Trinajstić information content (AvgIpc) is 3.06. The number of benzene rings is 3. The number of halogens is 1. The van der Waals surface area contributed by atoms with Gasteiger partial charge < -0.3 is 9.47 Å². The number of nitrogens with zero attached hydrogens (tertiary/aromatic N) is 1. The lowest BCUT2D eigenvalue weighted by Crippen LogP contribution is -2.32. The molecule has 1 heterocycles. The molecule has 0 atom stereocenters. The SMILES string of the molecule is O=C1S/C(=C\c2ccccc2OCc2cccc(F)c2)C(=O)N1CCOc1ccccc1. The molecule has 5 nitrogen and oxygen atoms in total. The van der Waals surface area contributed by atoms with Gasteiger partial charge in [0, 0.05) is 5.56 Å². The molecule has 0 aliphatic carbocycles. The summed E-state index contributed by atoms with van der Waals surface area (Å²) in [5.74, 6) is 0.524. The highest BCUT2D eigenvalue weighted by atomic mass is 32.2. The number of carbonyl (C=O) groups is 2. The molecular weight excluding hydrogens is 429 g/mol. The molecule has 4 rings (SSSR count). The molecule has 0 spiro atoms. The smallest absolute Gasteiger partial charge is 0.293 e. The second-order valence-corrected chi connectivity index (χ2v) is 7.94. The summed E-state index contributed by atoms with van der Waals surface area (Å²) >= 11 is 0.886. The van der Waals surface area contributed by atoms with Crippen molar-refractivity contribution in [3.8, 4) is 11.5 Å². The van der Waals surface area contributed by atoms with Crippen LogP contribution in [0.1, 0.15) is 11.1 Å². The Morgan fingerprint density at radius 1 is 0.906 bits per heavy atom. The molecule has 32 heavy (non-hydrogen) atoms. The Kier molecular flexibility index (Phi) is 6.87. The fraction of sp³-hybridized carbons (Fsp3) is 0.120. The van der Waals surface area contributed by atoms with Gasteiger partial charge in [0.25, 0.3) is 11.1 Å². The number of thioether (sulfide) groups is 1. The van der Waals surface area contributed by atoms with Crippen molar-refractivity contribution < 1.29 is 23.5 Å². The first kappa shape index (κ1) is 21.6.